The van der Waals surface area contributed by atoms with E-state index in [-0.39, 0.29) is 0 Å². The van der Waals surface area contributed by atoms with E-state index in [9.17, 15) is 16.8 Å². The molecule has 0 N–H and O–H groups in total. The summed E-state index contributed by atoms with van der Waals surface area (Å²) in [6.07, 6.45) is 3.43. The van der Waals surface area contributed by atoms with Gasteiger partial charge in [-0.05, 0) is 63.8 Å². The molecule has 0 spiro atoms. The monoisotopic (exact) mass is 464 g/mol. The highest BCUT2D eigenvalue weighted by atomic mass is 32.2. The Balaban J connectivity index is 1.71. The SMILES string of the molecule is Cc1ccc(S(=O)(=O)N2CCCCCN(S(=O)(=O)c3ccc(C)cc3)CCCC2)cc1. The van der Waals surface area contributed by atoms with Gasteiger partial charge in [0.25, 0.3) is 0 Å². The highest BCUT2D eigenvalue weighted by Gasteiger charge is 2.27. The van der Waals surface area contributed by atoms with Gasteiger partial charge in [0, 0.05) is 26.2 Å². The summed E-state index contributed by atoms with van der Waals surface area (Å²) < 4.78 is 55.5. The van der Waals surface area contributed by atoms with E-state index >= 15 is 0 Å². The lowest BCUT2D eigenvalue weighted by Crippen LogP contribution is -2.34. The molecule has 2 aromatic carbocycles. The Kier molecular flexibility index (Phi) is 7.91. The van der Waals surface area contributed by atoms with Gasteiger partial charge in [-0.1, -0.05) is 41.8 Å². The largest absolute Gasteiger partial charge is 0.243 e. The second-order valence-corrected chi connectivity index (χ2v) is 12.1. The van der Waals surface area contributed by atoms with Crippen molar-refractivity contribution in [3.05, 3.63) is 59.7 Å². The second-order valence-electron chi connectivity index (χ2n) is 8.20. The molecule has 1 fully saturated rings. The third-order valence-electron chi connectivity index (χ3n) is 5.70. The lowest BCUT2D eigenvalue weighted by atomic mass is 10.2. The summed E-state index contributed by atoms with van der Waals surface area (Å²) >= 11 is 0. The van der Waals surface area contributed by atoms with Crippen molar-refractivity contribution < 1.29 is 16.8 Å². The molecule has 1 saturated heterocycles. The standard InChI is InChI=1S/C23H32N2O4S2/c1-20-8-12-22(13-9-20)30(26,27)24-16-4-3-5-17-25(19-7-6-18-24)31(28,29)23-14-10-21(2)11-15-23/h8-15H,3-7,16-19H2,1-2H3. The van der Waals surface area contributed by atoms with Gasteiger partial charge in [-0.3, -0.25) is 0 Å². The quantitative estimate of drug-likeness (QED) is 0.687. The summed E-state index contributed by atoms with van der Waals surface area (Å²) in [6.45, 7) is 5.57. The Morgan fingerprint density at radius 1 is 0.516 bits per heavy atom. The first kappa shape index (κ1) is 23.9. The fourth-order valence-corrected chi connectivity index (χ4v) is 6.79. The zero-order valence-electron chi connectivity index (χ0n) is 18.3. The minimum Gasteiger partial charge on any atom is -0.207 e. The van der Waals surface area contributed by atoms with Crippen molar-refractivity contribution in [1.82, 2.24) is 8.61 Å². The van der Waals surface area contributed by atoms with Gasteiger partial charge >= 0.3 is 0 Å². The predicted molar refractivity (Wildman–Crippen MR) is 123 cm³/mol. The summed E-state index contributed by atoms with van der Waals surface area (Å²) in [7, 11) is -7.09. The van der Waals surface area contributed by atoms with E-state index in [1.165, 1.54) is 0 Å². The molecule has 0 saturated carbocycles. The number of sulfonamides is 2. The molecular formula is C23H32N2O4S2. The number of hydrogen-bond acceptors (Lipinski definition) is 4. The molecule has 8 heteroatoms. The average molecular weight is 465 g/mol. The van der Waals surface area contributed by atoms with Crippen LogP contribution >= 0.6 is 0 Å². The van der Waals surface area contributed by atoms with Crippen LogP contribution in [-0.4, -0.2) is 51.6 Å². The zero-order chi connectivity index (χ0) is 22.5. The van der Waals surface area contributed by atoms with Crippen LogP contribution in [0.2, 0.25) is 0 Å². The molecule has 3 rings (SSSR count). The van der Waals surface area contributed by atoms with Crippen molar-refractivity contribution in [2.75, 3.05) is 26.2 Å². The second kappa shape index (κ2) is 10.3. The van der Waals surface area contributed by atoms with Crippen LogP contribution < -0.4 is 0 Å². The molecule has 0 aliphatic carbocycles. The molecule has 0 atom stereocenters. The predicted octanol–water partition coefficient (Wildman–Crippen LogP) is 3.95. The van der Waals surface area contributed by atoms with Crippen LogP contribution in [0.5, 0.6) is 0 Å². The van der Waals surface area contributed by atoms with Crippen molar-refractivity contribution in [2.24, 2.45) is 0 Å². The molecule has 0 unspecified atom stereocenters. The number of rotatable bonds is 4. The normalized spacial score (nSPS) is 18.4. The lowest BCUT2D eigenvalue weighted by Gasteiger charge is -2.23. The topological polar surface area (TPSA) is 74.8 Å². The average Bonchev–Trinajstić information content (AvgIpc) is 2.79. The summed E-state index contributed by atoms with van der Waals surface area (Å²) in [5.74, 6) is 0. The summed E-state index contributed by atoms with van der Waals surface area (Å²) in [4.78, 5) is 0.632. The number of benzene rings is 2. The van der Waals surface area contributed by atoms with Gasteiger partial charge in [0.1, 0.15) is 0 Å². The van der Waals surface area contributed by atoms with Crippen LogP contribution in [0.3, 0.4) is 0 Å². The van der Waals surface area contributed by atoms with Gasteiger partial charge in [0.15, 0.2) is 0 Å². The number of aryl methyl sites for hydroxylation is 2. The first-order valence-electron chi connectivity index (χ1n) is 10.8. The summed E-state index contributed by atoms with van der Waals surface area (Å²) in [5.41, 5.74) is 2.04. The van der Waals surface area contributed by atoms with E-state index in [0.717, 1.165) is 17.5 Å². The van der Waals surface area contributed by atoms with E-state index in [0.29, 0.717) is 61.7 Å². The highest BCUT2D eigenvalue weighted by Crippen LogP contribution is 2.21. The molecule has 0 aromatic heterocycles. The molecule has 1 aliphatic heterocycles. The van der Waals surface area contributed by atoms with Gasteiger partial charge in [-0.15, -0.1) is 0 Å². The van der Waals surface area contributed by atoms with E-state index < -0.39 is 20.0 Å². The maximum absolute atomic E-state index is 13.1. The molecule has 0 radical (unpaired) electrons. The highest BCUT2D eigenvalue weighted by molar-refractivity contribution is 7.89. The van der Waals surface area contributed by atoms with Gasteiger partial charge in [-0.25, -0.2) is 16.8 Å². The zero-order valence-corrected chi connectivity index (χ0v) is 20.0. The van der Waals surface area contributed by atoms with Gasteiger partial charge in [0.05, 0.1) is 9.79 Å². The molecule has 2 aromatic rings. The minimum absolute atomic E-state index is 0.316. The Labute approximate surface area is 187 Å². The Morgan fingerprint density at radius 2 is 0.806 bits per heavy atom. The first-order valence-corrected chi connectivity index (χ1v) is 13.7. The van der Waals surface area contributed by atoms with Crippen LogP contribution in [0.15, 0.2) is 58.3 Å². The van der Waals surface area contributed by atoms with Crippen LogP contribution in [-0.2, 0) is 20.0 Å². The van der Waals surface area contributed by atoms with Crippen molar-refractivity contribution in [3.8, 4) is 0 Å². The summed E-state index contributed by atoms with van der Waals surface area (Å²) in [5, 5.41) is 0. The molecule has 1 aliphatic rings. The molecule has 1 heterocycles. The Morgan fingerprint density at radius 3 is 1.13 bits per heavy atom. The summed E-state index contributed by atoms with van der Waals surface area (Å²) in [6, 6.07) is 13.9. The third kappa shape index (κ3) is 5.94. The molecule has 170 valence electrons. The van der Waals surface area contributed by atoms with Crippen molar-refractivity contribution >= 4 is 20.0 Å². The fraction of sp³-hybridized carbons (Fsp3) is 0.478. The maximum atomic E-state index is 13.1. The van der Waals surface area contributed by atoms with Crippen molar-refractivity contribution in [3.63, 3.8) is 0 Å². The van der Waals surface area contributed by atoms with Crippen LogP contribution in [0.4, 0.5) is 0 Å². The fourth-order valence-electron chi connectivity index (χ4n) is 3.75. The van der Waals surface area contributed by atoms with Gasteiger partial charge in [0.2, 0.25) is 20.0 Å². The Hall–Kier alpha value is -1.74. The molecule has 6 nitrogen and oxygen atoms in total. The van der Waals surface area contributed by atoms with Crippen LogP contribution in [0, 0.1) is 13.8 Å². The van der Waals surface area contributed by atoms with Gasteiger partial charge < -0.3 is 0 Å². The minimum atomic E-state index is -3.55. The van der Waals surface area contributed by atoms with Crippen molar-refractivity contribution in [2.45, 2.75) is 55.7 Å². The van der Waals surface area contributed by atoms with Crippen LogP contribution in [0.1, 0.15) is 43.2 Å². The smallest absolute Gasteiger partial charge is 0.207 e. The van der Waals surface area contributed by atoms with Gasteiger partial charge in [-0.2, -0.15) is 8.61 Å². The molecular weight excluding hydrogens is 432 g/mol. The first-order chi connectivity index (χ1) is 14.7. The van der Waals surface area contributed by atoms with Crippen LogP contribution in [0.25, 0.3) is 0 Å². The van der Waals surface area contributed by atoms with Crippen molar-refractivity contribution in [1.29, 1.82) is 0 Å². The molecule has 0 amide bonds. The van der Waals surface area contributed by atoms with E-state index in [1.807, 2.05) is 38.1 Å². The lowest BCUT2D eigenvalue weighted by molar-refractivity contribution is 0.382. The molecule has 31 heavy (non-hydrogen) atoms. The Bertz CT molecular complexity index is 976. The number of nitrogens with zero attached hydrogens (tertiary/aromatic N) is 2. The maximum Gasteiger partial charge on any atom is 0.243 e. The van der Waals surface area contributed by atoms with E-state index in [4.69, 9.17) is 0 Å². The van der Waals surface area contributed by atoms with E-state index in [2.05, 4.69) is 0 Å². The van der Waals surface area contributed by atoms with E-state index in [1.54, 1.807) is 32.9 Å². The third-order valence-corrected chi connectivity index (χ3v) is 9.52. The number of hydrogen-bond donors (Lipinski definition) is 0. The molecule has 0 bridgehead atoms.